The lowest BCUT2D eigenvalue weighted by molar-refractivity contribution is 0.598. The van der Waals surface area contributed by atoms with Gasteiger partial charge >= 0.3 is 0 Å². The van der Waals surface area contributed by atoms with Gasteiger partial charge in [-0.2, -0.15) is 5.10 Å². The highest BCUT2D eigenvalue weighted by Crippen LogP contribution is 2.27. The van der Waals surface area contributed by atoms with Gasteiger partial charge in [0.15, 0.2) is 0 Å². The van der Waals surface area contributed by atoms with Gasteiger partial charge in [0.1, 0.15) is 4.90 Å². The van der Waals surface area contributed by atoms with Crippen molar-refractivity contribution in [3.05, 3.63) is 39.1 Å². The van der Waals surface area contributed by atoms with E-state index in [1.54, 1.807) is 26.1 Å². The van der Waals surface area contributed by atoms with E-state index < -0.39 is 10.0 Å². The first-order chi connectivity index (χ1) is 9.85. The number of aromatic amines is 1. The average Bonchev–Trinajstić information content (AvgIpc) is 2.76. The summed E-state index contributed by atoms with van der Waals surface area (Å²) in [7, 11) is -2.02. The molecule has 21 heavy (non-hydrogen) atoms. The summed E-state index contributed by atoms with van der Waals surface area (Å²) in [5.74, 6) is 0. The Labute approximate surface area is 136 Å². The fraction of sp³-hybridized carbons (Fsp3) is 0.250. The Morgan fingerprint density at radius 2 is 2.14 bits per heavy atom. The average molecular weight is 394 g/mol. The third-order valence-corrected chi connectivity index (χ3v) is 5.56. The van der Waals surface area contributed by atoms with Crippen molar-refractivity contribution in [2.75, 3.05) is 11.8 Å². The number of sulfonamides is 1. The van der Waals surface area contributed by atoms with Gasteiger partial charge in [-0.3, -0.25) is 9.82 Å². The van der Waals surface area contributed by atoms with Crippen LogP contribution in [0.15, 0.2) is 27.6 Å². The maximum Gasteiger partial charge on any atom is 0.265 e. The smallest absolute Gasteiger partial charge is 0.265 e. The Hall–Kier alpha value is -1.09. The molecule has 2 aromatic rings. The molecule has 0 fully saturated rings. The molecule has 1 heterocycles. The van der Waals surface area contributed by atoms with Crippen molar-refractivity contribution in [1.82, 2.24) is 15.5 Å². The van der Waals surface area contributed by atoms with Gasteiger partial charge in [0.25, 0.3) is 10.0 Å². The number of aryl methyl sites for hydroxylation is 1. The van der Waals surface area contributed by atoms with E-state index in [1.807, 2.05) is 0 Å². The molecule has 0 amide bonds. The molecule has 1 aromatic carbocycles. The van der Waals surface area contributed by atoms with Crippen molar-refractivity contribution in [3.63, 3.8) is 0 Å². The van der Waals surface area contributed by atoms with E-state index in [4.69, 9.17) is 11.6 Å². The first-order valence-electron chi connectivity index (χ1n) is 6.01. The highest BCUT2D eigenvalue weighted by atomic mass is 79.9. The molecule has 0 radical (unpaired) electrons. The second-order valence-corrected chi connectivity index (χ2v) is 7.27. The summed E-state index contributed by atoms with van der Waals surface area (Å²) < 4.78 is 28.2. The number of halogens is 2. The second-order valence-electron chi connectivity index (χ2n) is 4.39. The molecule has 0 bridgehead atoms. The van der Waals surface area contributed by atoms with Crippen molar-refractivity contribution in [3.8, 4) is 0 Å². The van der Waals surface area contributed by atoms with Crippen molar-refractivity contribution < 1.29 is 8.42 Å². The molecule has 6 nitrogen and oxygen atoms in total. The maximum atomic E-state index is 12.5. The first-order valence-corrected chi connectivity index (χ1v) is 8.67. The number of hydrogen-bond acceptors (Lipinski definition) is 4. The number of nitrogens with one attached hydrogen (secondary N) is 3. The monoisotopic (exact) mass is 392 g/mol. The van der Waals surface area contributed by atoms with Crippen LogP contribution in [0.25, 0.3) is 0 Å². The van der Waals surface area contributed by atoms with E-state index in [1.165, 1.54) is 6.07 Å². The summed E-state index contributed by atoms with van der Waals surface area (Å²) in [6, 6.07) is 4.84. The summed E-state index contributed by atoms with van der Waals surface area (Å²) in [5.41, 5.74) is 1.31. The van der Waals surface area contributed by atoms with Crippen LogP contribution in [-0.4, -0.2) is 25.7 Å². The molecule has 0 saturated heterocycles. The minimum atomic E-state index is -3.74. The molecule has 0 atom stereocenters. The number of nitrogens with zero attached hydrogens (tertiary/aromatic N) is 1. The molecule has 3 N–H and O–H groups in total. The summed E-state index contributed by atoms with van der Waals surface area (Å²) in [6.45, 7) is 2.01. The van der Waals surface area contributed by atoms with Crippen LogP contribution in [0.2, 0.25) is 5.02 Å². The Balaban J connectivity index is 2.38. The Morgan fingerprint density at radius 1 is 1.43 bits per heavy atom. The molecule has 114 valence electrons. The minimum Gasteiger partial charge on any atom is -0.314 e. The SMILES string of the molecule is CNCc1n[nH]c(C)c1S(=O)(=O)Nc1ccc(Br)c(Cl)c1. The predicted octanol–water partition coefficient (Wildman–Crippen LogP) is 2.65. The van der Waals surface area contributed by atoms with E-state index in [-0.39, 0.29) is 4.90 Å². The van der Waals surface area contributed by atoms with Crippen LogP contribution in [0.1, 0.15) is 11.4 Å². The van der Waals surface area contributed by atoms with E-state index in [9.17, 15) is 8.42 Å². The number of rotatable bonds is 5. The van der Waals surface area contributed by atoms with Crippen LogP contribution in [0.5, 0.6) is 0 Å². The zero-order valence-electron chi connectivity index (χ0n) is 11.4. The van der Waals surface area contributed by atoms with Crippen molar-refractivity contribution >= 4 is 43.2 Å². The zero-order valence-corrected chi connectivity index (χ0v) is 14.5. The van der Waals surface area contributed by atoms with Crippen LogP contribution in [0, 0.1) is 6.92 Å². The van der Waals surface area contributed by atoms with E-state index >= 15 is 0 Å². The number of aromatic nitrogens is 2. The van der Waals surface area contributed by atoms with Crippen LogP contribution in [0.3, 0.4) is 0 Å². The highest BCUT2D eigenvalue weighted by Gasteiger charge is 2.24. The Kier molecular flexibility index (Phi) is 4.92. The molecule has 2 rings (SSSR count). The van der Waals surface area contributed by atoms with Crippen molar-refractivity contribution in [2.45, 2.75) is 18.4 Å². The fourth-order valence-electron chi connectivity index (χ4n) is 1.88. The second kappa shape index (κ2) is 6.35. The quantitative estimate of drug-likeness (QED) is 0.729. The highest BCUT2D eigenvalue weighted by molar-refractivity contribution is 9.10. The summed E-state index contributed by atoms with van der Waals surface area (Å²) in [4.78, 5) is 0.149. The first kappa shape index (κ1) is 16.3. The standard InChI is InChI=1S/C12H14BrClN4O2S/c1-7-12(11(6-15-2)17-16-7)21(19,20)18-8-3-4-9(13)10(14)5-8/h3-5,15,18H,6H2,1-2H3,(H,16,17). The number of hydrogen-bond donors (Lipinski definition) is 3. The van der Waals surface area contributed by atoms with Gasteiger partial charge in [-0.1, -0.05) is 11.6 Å². The fourth-order valence-corrected chi connectivity index (χ4v) is 3.72. The molecule has 0 aliphatic carbocycles. The van der Waals surface area contributed by atoms with E-state index in [0.717, 1.165) is 0 Å². The number of H-pyrrole nitrogens is 1. The Bertz CT molecular complexity index is 761. The molecule has 0 saturated carbocycles. The van der Waals surface area contributed by atoms with E-state index in [2.05, 4.69) is 36.2 Å². The molecule has 1 aromatic heterocycles. The van der Waals surface area contributed by atoms with Crippen molar-refractivity contribution in [2.24, 2.45) is 0 Å². The number of anilines is 1. The lowest BCUT2D eigenvalue weighted by atomic mass is 10.3. The third-order valence-electron chi connectivity index (χ3n) is 2.75. The maximum absolute atomic E-state index is 12.5. The molecule has 0 spiro atoms. The molecule has 0 aliphatic rings. The summed E-state index contributed by atoms with van der Waals surface area (Å²) in [6.07, 6.45) is 0. The topological polar surface area (TPSA) is 86.9 Å². The van der Waals surface area contributed by atoms with Gasteiger partial charge in [0.2, 0.25) is 0 Å². The van der Waals surface area contributed by atoms with Gasteiger partial charge < -0.3 is 5.32 Å². The van der Waals surface area contributed by atoms with Gasteiger partial charge in [-0.25, -0.2) is 8.42 Å². The summed E-state index contributed by atoms with van der Waals surface area (Å²) in [5, 5.41) is 10.0. The molecule has 0 unspecified atom stereocenters. The van der Waals surface area contributed by atoms with Gasteiger partial charge in [0.05, 0.1) is 22.1 Å². The normalized spacial score (nSPS) is 11.6. The van der Waals surface area contributed by atoms with E-state index in [0.29, 0.717) is 33.1 Å². The molecule has 9 heteroatoms. The predicted molar refractivity (Wildman–Crippen MR) is 86.0 cm³/mol. The molecular formula is C12H14BrClN4O2S. The number of benzene rings is 1. The van der Waals surface area contributed by atoms with Crippen molar-refractivity contribution in [1.29, 1.82) is 0 Å². The zero-order chi connectivity index (χ0) is 15.6. The van der Waals surface area contributed by atoms with Gasteiger partial charge in [-0.15, -0.1) is 0 Å². The Morgan fingerprint density at radius 3 is 2.76 bits per heavy atom. The van der Waals surface area contributed by atoms with Crippen LogP contribution < -0.4 is 10.0 Å². The lowest BCUT2D eigenvalue weighted by Crippen LogP contribution is -2.17. The van der Waals surface area contributed by atoms with Crippen LogP contribution in [0.4, 0.5) is 5.69 Å². The lowest BCUT2D eigenvalue weighted by Gasteiger charge is -2.10. The third kappa shape index (κ3) is 3.57. The van der Waals surface area contributed by atoms with Gasteiger partial charge in [0, 0.05) is 11.0 Å². The molecule has 0 aliphatic heterocycles. The minimum absolute atomic E-state index is 0.149. The summed E-state index contributed by atoms with van der Waals surface area (Å²) >= 11 is 9.23. The van der Waals surface area contributed by atoms with Crippen LogP contribution in [-0.2, 0) is 16.6 Å². The molecular weight excluding hydrogens is 380 g/mol. The largest absolute Gasteiger partial charge is 0.314 e. The van der Waals surface area contributed by atoms with Crippen LogP contribution >= 0.6 is 27.5 Å². The van der Waals surface area contributed by atoms with Gasteiger partial charge in [-0.05, 0) is 48.1 Å².